The second kappa shape index (κ2) is 5.42. The lowest BCUT2D eigenvalue weighted by Gasteiger charge is -2.34. The molecular formula is C13H15BrN2O4S. The minimum atomic E-state index is -4.06. The first-order chi connectivity index (χ1) is 9.76. The van der Waals surface area contributed by atoms with Gasteiger partial charge < -0.3 is 5.73 Å². The number of hydrogen-bond acceptors (Lipinski definition) is 4. The highest BCUT2D eigenvalue weighted by molar-refractivity contribution is 9.09. The predicted molar refractivity (Wildman–Crippen MR) is 80.4 cm³/mol. The van der Waals surface area contributed by atoms with Gasteiger partial charge in [-0.25, -0.2) is 12.7 Å². The maximum Gasteiger partial charge on any atom is 0.270 e. The second-order valence-electron chi connectivity index (χ2n) is 5.00. The number of rotatable bonds is 5. The van der Waals surface area contributed by atoms with Crippen LogP contribution in [0.2, 0.25) is 0 Å². The number of fused-ring (bicyclic) bond motifs is 1. The Morgan fingerprint density at radius 1 is 1.38 bits per heavy atom. The SMILES string of the molecule is CC(CCCBr)(C(N)=O)N1C(=O)c2ccccc2S1(=O)=O. The van der Waals surface area contributed by atoms with Crippen molar-refractivity contribution in [1.29, 1.82) is 0 Å². The Hall–Kier alpha value is -1.41. The molecule has 8 heteroatoms. The van der Waals surface area contributed by atoms with Crippen LogP contribution in [0.4, 0.5) is 0 Å². The molecule has 0 fully saturated rings. The molecule has 0 spiro atoms. The quantitative estimate of drug-likeness (QED) is 0.784. The molecule has 0 saturated carbocycles. The maximum atomic E-state index is 12.6. The zero-order valence-electron chi connectivity index (χ0n) is 11.4. The van der Waals surface area contributed by atoms with Crippen LogP contribution in [0.1, 0.15) is 30.1 Å². The normalized spacial score (nSPS) is 19.1. The molecule has 2 amide bonds. The molecule has 1 aromatic rings. The summed E-state index contributed by atoms with van der Waals surface area (Å²) in [5.74, 6) is -1.55. The van der Waals surface area contributed by atoms with Crippen molar-refractivity contribution in [3.05, 3.63) is 29.8 Å². The summed E-state index contributed by atoms with van der Waals surface area (Å²) in [5.41, 5.74) is 3.89. The highest BCUT2D eigenvalue weighted by Crippen LogP contribution is 2.37. The molecule has 2 N–H and O–H groups in total. The van der Waals surface area contributed by atoms with Crippen molar-refractivity contribution in [1.82, 2.24) is 4.31 Å². The average molecular weight is 375 g/mol. The number of benzene rings is 1. The lowest BCUT2D eigenvalue weighted by Crippen LogP contribution is -2.57. The molecule has 6 nitrogen and oxygen atoms in total. The number of hydrogen-bond donors (Lipinski definition) is 1. The summed E-state index contributed by atoms with van der Waals surface area (Å²) in [6, 6.07) is 5.90. The summed E-state index contributed by atoms with van der Waals surface area (Å²) < 4.78 is 25.8. The molecule has 1 atom stereocenters. The molecule has 1 aromatic carbocycles. The van der Waals surface area contributed by atoms with Crippen molar-refractivity contribution < 1.29 is 18.0 Å². The first-order valence-electron chi connectivity index (χ1n) is 6.31. The molecule has 1 heterocycles. The number of alkyl halides is 1. The van der Waals surface area contributed by atoms with Crippen LogP contribution in [-0.2, 0) is 14.8 Å². The Bertz CT molecular complexity index is 704. The van der Waals surface area contributed by atoms with Gasteiger partial charge in [0.25, 0.3) is 15.9 Å². The van der Waals surface area contributed by atoms with E-state index in [0.717, 1.165) is 0 Å². The minimum absolute atomic E-state index is 0.0730. The van der Waals surface area contributed by atoms with Gasteiger partial charge in [-0.05, 0) is 31.9 Å². The fourth-order valence-electron chi connectivity index (χ4n) is 2.41. The molecule has 2 rings (SSSR count). The van der Waals surface area contributed by atoms with Crippen LogP contribution < -0.4 is 5.73 Å². The summed E-state index contributed by atoms with van der Waals surface area (Å²) in [4.78, 5) is 24.2. The van der Waals surface area contributed by atoms with Crippen molar-refractivity contribution >= 4 is 37.8 Å². The predicted octanol–water partition coefficient (Wildman–Crippen LogP) is 1.25. The van der Waals surface area contributed by atoms with Gasteiger partial charge in [-0.3, -0.25) is 9.59 Å². The van der Waals surface area contributed by atoms with Gasteiger partial charge in [0.2, 0.25) is 5.91 Å². The Kier molecular flexibility index (Phi) is 4.12. The maximum absolute atomic E-state index is 12.6. The molecule has 1 unspecified atom stereocenters. The molecule has 114 valence electrons. The third kappa shape index (κ3) is 2.36. The Morgan fingerprint density at radius 2 is 2.00 bits per heavy atom. The summed E-state index contributed by atoms with van der Waals surface area (Å²) in [6.45, 7) is 1.39. The van der Waals surface area contributed by atoms with Crippen molar-refractivity contribution in [2.75, 3.05) is 5.33 Å². The Morgan fingerprint density at radius 3 is 2.52 bits per heavy atom. The van der Waals surface area contributed by atoms with E-state index in [1.54, 1.807) is 6.07 Å². The smallest absolute Gasteiger partial charge is 0.270 e. The molecule has 0 aliphatic carbocycles. The monoisotopic (exact) mass is 374 g/mol. The number of primary amides is 1. The van der Waals surface area contributed by atoms with E-state index in [1.807, 2.05) is 0 Å². The van der Waals surface area contributed by atoms with Crippen LogP contribution in [0.25, 0.3) is 0 Å². The molecule has 0 bridgehead atoms. The van der Waals surface area contributed by atoms with Crippen LogP contribution in [-0.4, -0.2) is 35.4 Å². The number of carbonyl (C=O) groups is 2. The number of sulfonamides is 1. The molecule has 0 aromatic heterocycles. The molecular weight excluding hydrogens is 360 g/mol. The number of amides is 2. The van der Waals surface area contributed by atoms with Crippen LogP contribution in [0.3, 0.4) is 0 Å². The van der Waals surface area contributed by atoms with Crippen LogP contribution in [0, 0.1) is 0 Å². The van der Waals surface area contributed by atoms with Gasteiger partial charge in [0, 0.05) is 5.33 Å². The van der Waals surface area contributed by atoms with E-state index >= 15 is 0 Å². The highest BCUT2D eigenvalue weighted by Gasteiger charge is 2.53. The highest BCUT2D eigenvalue weighted by atomic mass is 79.9. The van der Waals surface area contributed by atoms with E-state index in [0.29, 0.717) is 16.1 Å². The standard InChI is InChI=1S/C13H15BrN2O4S/c1-13(12(15)18,7-4-8-14)16-11(17)9-5-2-3-6-10(9)21(16,19)20/h2-3,5-6H,4,7-8H2,1H3,(H2,15,18). The average Bonchev–Trinajstić information content (AvgIpc) is 2.64. The molecule has 21 heavy (non-hydrogen) atoms. The number of halogens is 1. The lowest BCUT2D eigenvalue weighted by atomic mass is 9.94. The lowest BCUT2D eigenvalue weighted by molar-refractivity contribution is -0.126. The van der Waals surface area contributed by atoms with E-state index in [2.05, 4.69) is 15.9 Å². The molecule has 1 aliphatic heterocycles. The van der Waals surface area contributed by atoms with Gasteiger partial charge in [0.1, 0.15) is 10.4 Å². The van der Waals surface area contributed by atoms with Gasteiger partial charge in [0.15, 0.2) is 0 Å². The van der Waals surface area contributed by atoms with E-state index in [-0.39, 0.29) is 16.9 Å². The van der Waals surface area contributed by atoms with E-state index in [1.165, 1.54) is 25.1 Å². The zero-order chi connectivity index (χ0) is 15.8. The van der Waals surface area contributed by atoms with Crippen molar-refractivity contribution in [2.45, 2.75) is 30.2 Å². The van der Waals surface area contributed by atoms with Gasteiger partial charge in [0.05, 0.1) is 5.56 Å². The Balaban J connectivity index is 2.59. The van der Waals surface area contributed by atoms with Crippen molar-refractivity contribution in [3.63, 3.8) is 0 Å². The van der Waals surface area contributed by atoms with E-state index in [4.69, 9.17) is 5.73 Å². The summed E-state index contributed by atoms with van der Waals surface area (Å²) in [7, 11) is -4.06. The third-order valence-corrected chi connectivity index (χ3v) is 6.12. The largest absolute Gasteiger partial charge is 0.368 e. The van der Waals surface area contributed by atoms with Crippen LogP contribution in [0.15, 0.2) is 29.2 Å². The fraction of sp³-hybridized carbons (Fsp3) is 0.385. The van der Waals surface area contributed by atoms with Gasteiger partial charge in [-0.1, -0.05) is 28.1 Å². The zero-order valence-corrected chi connectivity index (χ0v) is 13.8. The van der Waals surface area contributed by atoms with Crippen molar-refractivity contribution in [2.24, 2.45) is 5.73 Å². The van der Waals surface area contributed by atoms with Crippen LogP contribution in [0.5, 0.6) is 0 Å². The van der Waals surface area contributed by atoms with E-state index < -0.39 is 27.4 Å². The van der Waals surface area contributed by atoms with Crippen molar-refractivity contribution in [3.8, 4) is 0 Å². The fourth-order valence-corrected chi connectivity index (χ4v) is 4.60. The summed E-state index contributed by atoms with van der Waals surface area (Å²) in [6.07, 6.45) is 0.668. The third-order valence-electron chi connectivity index (χ3n) is 3.60. The first-order valence-corrected chi connectivity index (χ1v) is 8.87. The second-order valence-corrected chi connectivity index (χ2v) is 7.55. The number of nitrogens with zero attached hydrogens (tertiary/aromatic N) is 1. The number of carbonyl (C=O) groups excluding carboxylic acids is 2. The van der Waals surface area contributed by atoms with Gasteiger partial charge in [-0.15, -0.1) is 0 Å². The topological polar surface area (TPSA) is 97.5 Å². The molecule has 0 radical (unpaired) electrons. The van der Waals surface area contributed by atoms with Crippen LogP contribution >= 0.6 is 15.9 Å². The Labute approximate surface area is 131 Å². The number of nitrogens with two attached hydrogens (primary N) is 1. The summed E-state index contributed by atoms with van der Waals surface area (Å²) >= 11 is 3.23. The molecule has 1 aliphatic rings. The first kappa shape index (κ1) is 16.0. The molecule has 0 saturated heterocycles. The van der Waals surface area contributed by atoms with Gasteiger partial charge >= 0.3 is 0 Å². The summed E-state index contributed by atoms with van der Waals surface area (Å²) in [5, 5.41) is 0.574. The van der Waals surface area contributed by atoms with Gasteiger partial charge in [-0.2, -0.15) is 0 Å². The minimum Gasteiger partial charge on any atom is -0.368 e. The van der Waals surface area contributed by atoms with E-state index in [9.17, 15) is 18.0 Å².